The van der Waals surface area contributed by atoms with Crippen molar-refractivity contribution in [3.05, 3.63) is 12.2 Å². The van der Waals surface area contributed by atoms with Crippen LogP contribution in [0.1, 0.15) is 19.3 Å². The van der Waals surface area contributed by atoms with Crippen molar-refractivity contribution < 1.29 is 4.79 Å². The number of rotatable bonds is 1. The molecule has 0 saturated heterocycles. The van der Waals surface area contributed by atoms with Gasteiger partial charge in [0.05, 0.1) is 0 Å². The highest BCUT2D eigenvalue weighted by Crippen LogP contribution is 2.45. The predicted molar refractivity (Wildman–Crippen MR) is 46.5 cm³/mol. The zero-order valence-corrected chi connectivity index (χ0v) is 6.99. The van der Waals surface area contributed by atoms with Crippen LogP contribution in [0.4, 0.5) is 4.79 Å². The number of allylic oxidation sites excluding steroid dienone is 1. The van der Waals surface area contributed by atoms with Gasteiger partial charge < -0.3 is 11.1 Å². The van der Waals surface area contributed by atoms with E-state index in [1.54, 1.807) is 0 Å². The molecule has 1 saturated carbocycles. The van der Waals surface area contributed by atoms with E-state index in [1.165, 1.54) is 19.3 Å². The summed E-state index contributed by atoms with van der Waals surface area (Å²) in [5, 5.41) is 2.77. The molecule has 0 aromatic carbocycles. The molecule has 0 spiro atoms. The molecule has 2 rings (SSSR count). The van der Waals surface area contributed by atoms with E-state index in [2.05, 4.69) is 17.5 Å². The summed E-state index contributed by atoms with van der Waals surface area (Å²) in [7, 11) is 0. The topological polar surface area (TPSA) is 55.1 Å². The van der Waals surface area contributed by atoms with Crippen molar-refractivity contribution in [2.45, 2.75) is 25.3 Å². The lowest BCUT2D eigenvalue weighted by Crippen LogP contribution is -2.32. The molecule has 3 N–H and O–H groups in total. The molecule has 2 aliphatic carbocycles. The Bertz CT molecular complexity index is 225. The van der Waals surface area contributed by atoms with Gasteiger partial charge in [0.1, 0.15) is 0 Å². The van der Waals surface area contributed by atoms with E-state index in [1.807, 2.05) is 0 Å². The van der Waals surface area contributed by atoms with Gasteiger partial charge in [-0.2, -0.15) is 0 Å². The maximum atomic E-state index is 10.6. The summed E-state index contributed by atoms with van der Waals surface area (Å²) in [6.45, 7) is 0. The Morgan fingerprint density at radius 3 is 3.17 bits per heavy atom. The Morgan fingerprint density at radius 2 is 2.42 bits per heavy atom. The first-order valence-corrected chi connectivity index (χ1v) is 4.51. The van der Waals surface area contributed by atoms with E-state index >= 15 is 0 Å². The van der Waals surface area contributed by atoms with Crippen LogP contribution in [-0.4, -0.2) is 12.1 Å². The number of nitrogens with one attached hydrogen (secondary N) is 1. The third-order valence-corrected chi connectivity index (χ3v) is 2.80. The van der Waals surface area contributed by atoms with Crippen LogP contribution in [-0.2, 0) is 0 Å². The highest BCUT2D eigenvalue weighted by molar-refractivity contribution is 5.72. The molecule has 3 heteroatoms. The highest BCUT2D eigenvalue weighted by Gasteiger charge is 2.48. The summed E-state index contributed by atoms with van der Waals surface area (Å²) in [6, 6.07) is -0.0551. The smallest absolute Gasteiger partial charge is 0.312 e. The van der Waals surface area contributed by atoms with Crippen LogP contribution < -0.4 is 11.1 Å². The molecular formula is C9H14N2O. The van der Waals surface area contributed by atoms with E-state index in [0.717, 1.165) is 0 Å². The van der Waals surface area contributed by atoms with Gasteiger partial charge in [0.2, 0.25) is 0 Å². The number of nitrogens with two attached hydrogens (primary N) is 1. The van der Waals surface area contributed by atoms with Crippen molar-refractivity contribution in [1.29, 1.82) is 0 Å². The molecule has 0 aromatic heterocycles. The second-order valence-electron chi connectivity index (χ2n) is 3.63. The maximum Gasteiger partial charge on any atom is 0.312 e. The van der Waals surface area contributed by atoms with Crippen molar-refractivity contribution in [2.75, 3.05) is 0 Å². The molecule has 0 aliphatic heterocycles. The highest BCUT2D eigenvalue weighted by atomic mass is 16.2. The van der Waals surface area contributed by atoms with Crippen LogP contribution in [0.5, 0.6) is 0 Å². The van der Waals surface area contributed by atoms with Gasteiger partial charge in [0.15, 0.2) is 0 Å². The quantitative estimate of drug-likeness (QED) is 0.561. The molecule has 1 fully saturated rings. The Morgan fingerprint density at radius 1 is 1.58 bits per heavy atom. The van der Waals surface area contributed by atoms with Crippen molar-refractivity contribution in [3.8, 4) is 0 Å². The number of hydrogen-bond acceptors (Lipinski definition) is 1. The van der Waals surface area contributed by atoms with Crippen molar-refractivity contribution in [2.24, 2.45) is 17.6 Å². The lowest BCUT2D eigenvalue weighted by molar-refractivity contribution is 0.248. The first kappa shape index (κ1) is 7.65. The van der Waals surface area contributed by atoms with Crippen LogP contribution in [0.25, 0.3) is 0 Å². The lowest BCUT2D eigenvalue weighted by atomic mass is 10.2. The Balaban J connectivity index is 1.92. The van der Waals surface area contributed by atoms with E-state index < -0.39 is 0 Å². The minimum absolute atomic E-state index is 0.332. The SMILES string of the molecule is NC(=O)NC1C2C=CCCCC21. The normalized spacial score (nSPS) is 38.2. The maximum absolute atomic E-state index is 10.6. The fraction of sp³-hybridized carbons (Fsp3) is 0.667. The van der Waals surface area contributed by atoms with Crippen molar-refractivity contribution in [1.82, 2.24) is 5.32 Å². The Labute approximate surface area is 72.0 Å². The minimum Gasteiger partial charge on any atom is -0.352 e. The first-order valence-electron chi connectivity index (χ1n) is 4.51. The van der Waals surface area contributed by atoms with Crippen LogP contribution in [0.15, 0.2) is 12.2 Å². The summed E-state index contributed by atoms with van der Waals surface area (Å²) in [5.41, 5.74) is 5.05. The molecule has 2 amide bonds. The van der Waals surface area contributed by atoms with Gasteiger partial charge >= 0.3 is 6.03 Å². The Hall–Kier alpha value is -0.990. The fourth-order valence-electron chi connectivity index (χ4n) is 2.13. The first-order chi connectivity index (χ1) is 5.79. The molecule has 0 radical (unpaired) electrons. The average Bonchev–Trinajstić information content (AvgIpc) is 2.66. The molecule has 0 heterocycles. The molecule has 66 valence electrons. The number of amides is 2. The number of carbonyl (C=O) groups is 1. The van der Waals surface area contributed by atoms with Crippen LogP contribution in [0, 0.1) is 11.8 Å². The summed E-state index contributed by atoms with van der Waals surface area (Å²) >= 11 is 0. The van der Waals surface area contributed by atoms with E-state index in [0.29, 0.717) is 17.9 Å². The van der Waals surface area contributed by atoms with Crippen molar-refractivity contribution >= 4 is 6.03 Å². The van der Waals surface area contributed by atoms with Crippen LogP contribution in [0.3, 0.4) is 0 Å². The summed E-state index contributed by atoms with van der Waals surface area (Å²) in [4.78, 5) is 10.6. The van der Waals surface area contributed by atoms with Crippen LogP contribution >= 0.6 is 0 Å². The number of urea groups is 1. The number of hydrogen-bond donors (Lipinski definition) is 2. The average molecular weight is 166 g/mol. The largest absolute Gasteiger partial charge is 0.352 e. The molecule has 3 nitrogen and oxygen atoms in total. The lowest BCUT2D eigenvalue weighted by Gasteiger charge is -1.99. The third kappa shape index (κ3) is 1.31. The van der Waals surface area contributed by atoms with Gasteiger partial charge in [-0.1, -0.05) is 12.2 Å². The Kier molecular flexibility index (Phi) is 1.79. The molecule has 2 aliphatic rings. The fourth-order valence-corrected chi connectivity index (χ4v) is 2.13. The predicted octanol–water partition coefficient (Wildman–Crippen LogP) is 1.01. The summed E-state index contributed by atoms with van der Waals surface area (Å²) < 4.78 is 0. The number of primary amides is 1. The summed E-state index contributed by atoms with van der Waals surface area (Å²) in [6.07, 6.45) is 8.10. The van der Waals surface area contributed by atoms with Gasteiger partial charge in [-0.3, -0.25) is 0 Å². The van der Waals surface area contributed by atoms with E-state index in [-0.39, 0.29) is 6.03 Å². The van der Waals surface area contributed by atoms with Gasteiger partial charge in [-0.25, -0.2) is 4.79 Å². The van der Waals surface area contributed by atoms with Gasteiger partial charge in [-0.15, -0.1) is 0 Å². The minimum atomic E-state index is -0.388. The van der Waals surface area contributed by atoms with E-state index in [4.69, 9.17) is 5.73 Å². The number of fused-ring (bicyclic) bond motifs is 1. The monoisotopic (exact) mass is 166 g/mol. The standard InChI is InChI=1S/C9H14N2O/c10-9(12)11-8-6-4-2-1-3-5-7(6)8/h2,4,6-8H,1,3,5H2,(H3,10,11,12). The van der Waals surface area contributed by atoms with Crippen molar-refractivity contribution in [3.63, 3.8) is 0 Å². The molecule has 3 atom stereocenters. The molecule has 3 unspecified atom stereocenters. The van der Waals surface area contributed by atoms with Gasteiger partial charge in [0.25, 0.3) is 0 Å². The second kappa shape index (κ2) is 2.81. The van der Waals surface area contributed by atoms with Gasteiger partial charge in [-0.05, 0) is 25.2 Å². The van der Waals surface area contributed by atoms with E-state index in [9.17, 15) is 4.79 Å². The van der Waals surface area contributed by atoms with Gasteiger partial charge in [0, 0.05) is 12.0 Å². The molecular weight excluding hydrogens is 152 g/mol. The molecule has 12 heavy (non-hydrogen) atoms. The number of carbonyl (C=O) groups excluding carboxylic acids is 1. The molecule has 0 aromatic rings. The zero-order valence-electron chi connectivity index (χ0n) is 6.99. The zero-order chi connectivity index (χ0) is 8.55. The summed E-state index contributed by atoms with van der Waals surface area (Å²) in [5.74, 6) is 1.23. The third-order valence-electron chi connectivity index (χ3n) is 2.80. The second-order valence-corrected chi connectivity index (χ2v) is 3.63. The molecule has 0 bridgehead atoms. The van der Waals surface area contributed by atoms with Crippen LogP contribution in [0.2, 0.25) is 0 Å².